The summed E-state index contributed by atoms with van der Waals surface area (Å²) in [5.74, 6) is -0.696. The summed E-state index contributed by atoms with van der Waals surface area (Å²) < 4.78 is 5.45. The number of hydrogen-bond acceptors (Lipinski definition) is 3. The Bertz CT molecular complexity index is 183. The Labute approximate surface area is 98.6 Å². The van der Waals surface area contributed by atoms with Crippen LogP contribution in [0.2, 0.25) is 0 Å². The summed E-state index contributed by atoms with van der Waals surface area (Å²) in [6, 6.07) is 0. The Morgan fingerprint density at radius 1 is 1.25 bits per heavy atom. The lowest BCUT2D eigenvalue weighted by Gasteiger charge is -2.17. The lowest BCUT2D eigenvalue weighted by molar-refractivity contribution is -0.137. The lowest BCUT2D eigenvalue weighted by Crippen LogP contribution is -2.25. The number of unbranched alkanes of at least 4 members (excludes halogenated alkanes) is 2. The van der Waals surface area contributed by atoms with Gasteiger partial charge in [-0.1, -0.05) is 6.42 Å². The fraction of sp³-hybridized carbons (Fsp3) is 0.917. The number of hydrogen-bond donors (Lipinski definition) is 1. The SMILES string of the molecule is CC(C)OCCN(C)CCCCCC(=O)O. The molecule has 0 unspecified atom stereocenters. The second-order valence-corrected chi connectivity index (χ2v) is 4.43. The molecule has 0 aliphatic rings. The Kier molecular flexibility index (Phi) is 9.24. The molecule has 0 aliphatic heterocycles. The largest absolute Gasteiger partial charge is 0.481 e. The normalized spacial score (nSPS) is 11.3. The molecule has 0 rings (SSSR count). The predicted octanol–water partition coefficient (Wildman–Crippen LogP) is 1.99. The zero-order chi connectivity index (χ0) is 12.4. The van der Waals surface area contributed by atoms with Crippen molar-refractivity contribution in [1.82, 2.24) is 4.90 Å². The maximum atomic E-state index is 10.3. The van der Waals surface area contributed by atoms with Crippen LogP contribution in [0.5, 0.6) is 0 Å². The second kappa shape index (κ2) is 9.60. The number of carboxylic acids is 1. The van der Waals surface area contributed by atoms with E-state index in [2.05, 4.69) is 11.9 Å². The monoisotopic (exact) mass is 231 g/mol. The molecule has 0 spiro atoms. The van der Waals surface area contributed by atoms with Gasteiger partial charge in [0.05, 0.1) is 12.7 Å². The fourth-order valence-electron chi connectivity index (χ4n) is 1.39. The summed E-state index contributed by atoms with van der Waals surface area (Å²) in [5.41, 5.74) is 0. The van der Waals surface area contributed by atoms with Crippen LogP contribution in [0.3, 0.4) is 0 Å². The van der Waals surface area contributed by atoms with E-state index in [1.54, 1.807) is 0 Å². The van der Waals surface area contributed by atoms with Gasteiger partial charge in [-0.05, 0) is 40.3 Å². The predicted molar refractivity (Wildman–Crippen MR) is 64.7 cm³/mol. The molecule has 0 bridgehead atoms. The van der Waals surface area contributed by atoms with Crippen molar-refractivity contribution in [2.45, 2.75) is 45.6 Å². The standard InChI is InChI=1S/C12H25NO3/c1-11(2)16-10-9-13(3)8-6-4-5-7-12(14)15/h11H,4-10H2,1-3H3,(H,14,15). The summed E-state index contributed by atoms with van der Waals surface area (Å²) in [6.07, 6.45) is 3.42. The summed E-state index contributed by atoms with van der Waals surface area (Å²) in [5, 5.41) is 8.46. The molecule has 96 valence electrons. The maximum absolute atomic E-state index is 10.3. The van der Waals surface area contributed by atoms with Gasteiger partial charge in [0.25, 0.3) is 0 Å². The minimum atomic E-state index is -0.696. The first-order chi connectivity index (χ1) is 7.52. The maximum Gasteiger partial charge on any atom is 0.303 e. The third kappa shape index (κ3) is 11.5. The Hall–Kier alpha value is -0.610. The summed E-state index contributed by atoms with van der Waals surface area (Å²) >= 11 is 0. The minimum absolute atomic E-state index is 0.292. The molecular formula is C12H25NO3. The van der Waals surface area contributed by atoms with E-state index in [4.69, 9.17) is 9.84 Å². The van der Waals surface area contributed by atoms with E-state index in [-0.39, 0.29) is 0 Å². The van der Waals surface area contributed by atoms with Crippen LogP contribution in [0, 0.1) is 0 Å². The van der Waals surface area contributed by atoms with Gasteiger partial charge in [-0.25, -0.2) is 0 Å². The van der Waals surface area contributed by atoms with E-state index < -0.39 is 5.97 Å². The molecule has 16 heavy (non-hydrogen) atoms. The van der Waals surface area contributed by atoms with E-state index in [9.17, 15) is 4.79 Å². The average molecular weight is 231 g/mol. The zero-order valence-electron chi connectivity index (χ0n) is 10.7. The quantitative estimate of drug-likeness (QED) is 0.584. The van der Waals surface area contributed by atoms with Crippen molar-refractivity contribution in [1.29, 1.82) is 0 Å². The van der Waals surface area contributed by atoms with Crippen molar-refractivity contribution in [3.8, 4) is 0 Å². The smallest absolute Gasteiger partial charge is 0.303 e. The van der Waals surface area contributed by atoms with Crippen LogP contribution in [0.15, 0.2) is 0 Å². The molecule has 0 aromatic heterocycles. The molecule has 4 heteroatoms. The molecule has 0 saturated carbocycles. The third-order valence-corrected chi connectivity index (χ3v) is 2.35. The van der Waals surface area contributed by atoms with Crippen LogP contribution in [0.4, 0.5) is 0 Å². The van der Waals surface area contributed by atoms with Gasteiger partial charge in [0, 0.05) is 13.0 Å². The van der Waals surface area contributed by atoms with Crippen LogP contribution in [-0.4, -0.2) is 48.8 Å². The third-order valence-electron chi connectivity index (χ3n) is 2.35. The zero-order valence-corrected chi connectivity index (χ0v) is 10.7. The van der Waals surface area contributed by atoms with Crippen LogP contribution >= 0.6 is 0 Å². The summed E-state index contributed by atoms with van der Waals surface area (Å²) in [4.78, 5) is 12.5. The van der Waals surface area contributed by atoms with Crippen molar-refractivity contribution in [3.05, 3.63) is 0 Å². The van der Waals surface area contributed by atoms with Crippen molar-refractivity contribution >= 4 is 5.97 Å². The molecule has 0 fully saturated rings. The van der Waals surface area contributed by atoms with E-state index in [1.165, 1.54) is 0 Å². The van der Waals surface area contributed by atoms with Gasteiger partial charge in [0.2, 0.25) is 0 Å². The number of rotatable bonds is 10. The van der Waals surface area contributed by atoms with Gasteiger partial charge >= 0.3 is 5.97 Å². The number of nitrogens with zero attached hydrogens (tertiary/aromatic N) is 1. The molecule has 0 amide bonds. The number of carboxylic acid groups (broad SMARTS) is 1. The Morgan fingerprint density at radius 3 is 2.50 bits per heavy atom. The van der Waals surface area contributed by atoms with E-state index in [0.29, 0.717) is 12.5 Å². The first kappa shape index (κ1) is 15.4. The van der Waals surface area contributed by atoms with Crippen LogP contribution in [0.1, 0.15) is 39.5 Å². The van der Waals surface area contributed by atoms with Gasteiger partial charge in [-0.2, -0.15) is 0 Å². The molecule has 0 atom stereocenters. The van der Waals surface area contributed by atoms with Gasteiger partial charge in [-0.3, -0.25) is 4.79 Å². The summed E-state index contributed by atoms with van der Waals surface area (Å²) in [7, 11) is 2.07. The minimum Gasteiger partial charge on any atom is -0.481 e. The highest BCUT2D eigenvalue weighted by Crippen LogP contribution is 2.01. The van der Waals surface area contributed by atoms with Gasteiger partial charge in [0.1, 0.15) is 0 Å². The highest BCUT2D eigenvalue weighted by atomic mass is 16.5. The number of aliphatic carboxylic acids is 1. The van der Waals surface area contributed by atoms with Crippen LogP contribution < -0.4 is 0 Å². The molecule has 0 saturated heterocycles. The topological polar surface area (TPSA) is 49.8 Å². The molecular weight excluding hydrogens is 206 g/mol. The summed E-state index contributed by atoms with van der Waals surface area (Å²) in [6.45, 7) is 6.79. The van der Waals surface area contributed by atoms with Crippen LogP contribution in [-0.2, 0) is 9.53 Å². The van der Waals surface area contributed by atoms with Gasteiger partial charge in [-0.15, -0.1) is 0 Å². The first-order valence-corrected chi connectivity index (χ1v) is 6.04. The second-order valence-electron chi connectivity index (χ2n) is 4.43. The molecule has 0 aliphatic carbocycles. The van der Waals surface area contributed by atoms with E-state index in [1.807, 2.05) is 13.8 Å². The highest BCUT2D eigenvalue weighted by molar-refractivity contribution is 5.66. The number of ether oxygens (including phenoxy) is 1. The average Bonchev–Trinajstić information content (AvgIpc) is 2.16. The van der Waals surface area contributed by atoms with Crippen molar-refractivity contribution in [2.75, 3.05) is 26.7 Å². The molecule has 4 nitrogen and oxygen atoms in total. The van der Waals surface area contributed by atoms with Gasteiger partial charge < -0.3 is 14.7 Å². The van der Waals surface area contributed by atoms with Crippen molar-refractivity contribution in [3.63, 3.8) is 0 Å². The Morgan fingerprint density at radius 2 is 1.94 bits per heavy atom. The first-order valence-electron chi connectivity index (χ1n) is 6.04. The fourth-order valence-corrected chi connectivity index (χ4v) is 1.39. The van der Waals surface area contributed by atoms with E-state index >= 15 is 0 Å². The van der Waals surface area contributed by atoms with Crippen molar-refractivity contribution in [2.24, 2.45) is 0 Å². The Balaban J connectivity index is 3.23. The van der Waals surface area contributed by atoms with Crippen molar-refractivity contribution < 1.29 is 14.6 Å². The molecule has 1 N–H and O–H groups in total. The van der Waals surface area contributed by atoms with Gasteiger partial charge in [0.15, 0.2) is 0 Å². The molecule has 0 aromatic carbocycles. The number of carbonyl (C=O) groups is 1. The molecule has 0 radical (unpaired) electrons. The van der Waals surface area contributed by atoms with Crippen LogP contribution in [0.25, 0.3) is 0 Å². The molecule has 0 heterocycles. The number of likely N-dealkylation sites (N-methyl/N-ethyl adjacent to an activating group) is 1. The van der Waals surface area contributed by atoms with E-state index in [0.717, 1.165) is 39.0 Å². The highest BCUT2D eigenvalue weighted by Gasteiger charge is 2.00. The lowest BCUT2D eigenvalue weighted by atomic mass is 10.2. The molecule has 0 aromatic rings.